The zero-order chi connectivity index (χ0) is 29.6. The van der Waals surface area contributed by atoms with Gasteiger partial charge in [-0.2, -0.15) is 0 Å². The van der Waals surface area contributed by atoms with Crippen LogP contribution in [0.4, 0.5) is 0 Å². The quantitative estimate of drug-likeness (QED) is 0.312. The molecular formula is C38H69NO2. The summed E-state index contributed by atoms with van der Waals surface area (Å²) < 4.78 is 6.46. The van der Waals surface area contributed by atoms with Crippen molar-refractivity contribution in [1.82, 2.24) is 5.32 Å². The molecule has 6 aliphatic carbocycles. The molecule has 0 spiro atoms. The van der Waals surface area contributed by atoms with Gasteiger partial charge in [0.05, 0.1) is 11.7 Å². The Kier molecular flexibility index (Phi) is 12.3. The number of aliphatic hydroxyl groups is 1. The molecule has 0 aromatic heterocycles. The molecule has 6 rings (SSSR count). The lowest BCUT2D eigenvalue weighted by Gasteiger charge is -2.56. The van der Waals surface area contributed by atoms with Gasteiger partial charge in [-0.15, -0.1) is 0 Å². The second kappa shape index (κ2) is 15.1. The van der Waals surface area contributed by atoms with Crippen LogP contribution in [0.25, 0.3) is 0 Å². The van der Waals surface area contributed by atoms with Gasteiger partial charge in [-0.3, -0.25) is 0 Å². The summed E-state index contributed by atoms with van der Waals surface area (Å²) >= 11 is 0. The molecule has 7 atom stereocenters. The third-order valence-electron chi connectivity index (χ3n) is 12.7. The molecule has 41 heavy (non-hydrogen) atoms. The van der Waals surface area contributed by atoms with Gasteiger partial charge in [0.15, 0.2) is 0 Å². The Labute approximate surface area is 255 Å². The van der Waals surface area contributed by atoms with Crippen molar-refractivity contribution in [1.29, 1.82) is 0 Å². The van der Waals surface area contributed by atoms with Gasteiger partial charge < -0.3 is 15.2 Å². The van der Waals surface area contributed by atoms with Gasteiger partial charge in [-0.1, -0.05) is 72.0 Å². The Balaban J connectivity index is 0.000000929. The summed E-state index contributed by atoms with van der Waals surface area (Å²) in [5, 5.41) is 15.3. The molecule has 0 saturated heterocycles. The number of ether oxygens (including phenoxy) is 1. The first-order valence-electron chi connectivity index (χ1n) is 18.7. The predicted molar refractivity (Wildman–Crippen MR) is 175 cm³/mol. The topological polar surface area (TPSA) is 41.5 Å². The van der Waals surface area contributed by atoms with Gasteiger partial charge in [-0.25, -0.2) is 0 Å². The maximum atomic E-state index is 11.3. The van der Waals surface area contributed by atoms with Gasteiger partial charge in [0, 0.05) is 18.7 Å². The molecule has 0 heterocycles. The van der Waals surface area contributed by atoms with Gasteiger partial charge in [0.25, 0.3) is 0 Å². The van der Waals surface area contributed by atoms with Crippen LogP contribution in [0, 0.1) is 35.0 Å². The first-order chi connectivity index (χ1) is 19.9. The molecule has 0 aromatic rings. The second-order valence-electron chi connectivity index (χ2n) is 15.0. The number of fused-ring (bicyclic) bond motifs is 4. The van der Waals surface area contributed by atoms with Crippen molar-refractivity contribution in [2.24, 2.45) is 35.0 Å². The third-order valence-corrected chi connectivity index (χ3v) is 12.7. The molecule has 0 bridgehead atoms. The van der Waals surface area contributed by atoms with Crippen molar-refractivity contribution >= 4 is 0 Å². The van der Waals surface area contributed by atoms with Gasteiger partial charge in [0.1, 0.15) is 0 Å². The van der Waals surface area contributed by atoms with E-state index in [-0.39, 0.29) is 17.1 Å². The maximum absolute atomic E-state index is 11.3. The van der Waals surface area contributed by atoms with Crippen LogP contribution in [-0.4, -0.2) is 35.5 Å². The number of hydrogen-bond acceptors (Lipinski definition) is 3. The van der Waals surface area contributed by atoms with E-state index in [0.717, 1.165) is 61.1 Å². The lowest BCUT2D eigenvalue weighted by atomic mass is 9.50. The number of hydrogen-bond donors (Lipinski definition) is 2. The van der Waals surface area contributed by atoms with E-state index in [4.69, 9.17) is 4.74 Å². The minimum Gasteiger partial charge on any atom is -0.393 e. The smallest absolute Gasteiger partial charge is 0.0663 e. The number of aliphatic hydroxyl groups excluding tert-OH is 1. The van der Waals surface area contributed by atoms with E-state index < -0.39 is 0 Å². The molecule has 3 heteroatoms. The molecular weight excluding hydrogens is 502 g/mol. The standard InChI is InChI=1S/C34H57NO2.2C2H6/c1-4-20-37-33(2)19-18-27-24(21-33)12-15-28-30-16-17-31(36)34(30,3)22-29(32(27)28)23-10-13-26(14-11-23)35-25-8-6-5-7-9-25;2*1-2/h23-26,28-31,35-36H,4-22H2,1-3H3;2*1-2H3. The fourth-order valence-corrected chi connectivity index (χ4v) is 10.7. The summed E-state index contributed by atoms with van der Waals surface area (Å²) in [7, 11) is 0. The SMILES string of the molecule is CC.CC.CCCOC1(C)CCC2=C3C(C4CCC(NC5CCCCC5)CC4)CC4(C)C(O)CCC4C3CCC2C1. The van der Waals surface area contributed by atoms with E-state index in [0.29, 0.717) is 0 Å². The Morgan fingerprint density at radius 3 is 2.15 bits per heavy atom. The van der Waals surface area contributed by atoms with E-state index >= 15 is 0 Å². The highest BCUT2D eigenvalue weighted by molar-refractivity contribution is 5.33. The molecule has 0 amide bonds. The highest BCUT2D eigenvalue weighted by Gasteiger charge is 2.58. The normalized spacial score (nSPS) is 42.6. The molecule has 0 aliphatic heterocycles. The van der Waals surface area contributed by atoms with Crippen LogP contribution in [0.5, 0.6) is 0 Å². The first-order valence-corrected chi connectivity index (χ1v) is 18.7. The minimum atomic E-state index is -0.0781. The number of nitrogens with one attached hydrogen (secondary N) is 1. The fraction of sp³-hybridized carbons (Fsp3) is 0.947. The van der Waals surface area contributed by atoms with Crippen molar-refractivity contribution in [3.8, 4) is 0 Å². The minimum absolute atomic E-state index is 0.0781. The van der Waals surface area contributed by atoms with Crippen molar-refractivity contribution < 1.29 is 9.84 Å². The maximum Gasteiger partial charge on any atom is 0.0663 e. The molecule has 5 saturated carbocycles. The molecule has 0 radical (unpaired) electrons. The van der Waals surface area contributed by atoms with E-state index in [1.165, 1.54) is 103 Å². The van der Waals surface area contributed by atoms with Crippen LogP contribution in [0.1, 0.15) is 164 Å². The number of allylic oxidation sites excluding steroid dienone is 2. The van der Waals surface area contributed by atoms with Crippen molar-refractivity contribution in [3.63, 3.8) is 0 Å². The summed E-state index contributed by atoms with van der Waals surface area (Å²) in [5.41, 5.74) is 4.08. The average molecular weight is 572 g/mol. The predicted octanol–water partition coefficient (Wildman–Crippen LogP) is 10.0. The second-order valence-corrected chi connectivity index (χ2v) is 15.0. The summed E-state index contributed by atoms with van der Waals surface area (Å²) in [6.07, 6.45) is 23.7. The third kappa shape index (κ3) is 7.14. The lowest BCUT2D eigenvalue weighted by Crippen LogP contribution is -2.50. The zero-order valence-corrected chi connectivity index (χ0v) is 28.4. The largest absolute Gasteiger partial charge is 0.393 e. The van der Waals surface area contributed by atoms with Crippen LogP contribution >= 0.6 is 0 Å². The Morgan fingerprint density at radius 2 is 1.46 bits per heavy atom. The fourth-order valence-electron chi connectivity index (χ4n) is 10.7. The molecule has 6 aliphatic rings. The molecule has 2 N–H and O–H groups in total. The number of rotatable bonds is 6. The molecule has 5 fully saturated rings. The van der Waals surface area contributed by atoms with Crippen molar-refractivity contribution in [3.05, 3.63) is 11.1 Å². The summed E-state index contributed by atoms with van der Waals surface area (Å²) in [5.74, 6) is 3.79. The summed E-state index contributed by atoms with van der Waals surface area (Å²) in [4.78, 5) is 0. The highest BCUT2D eigenvalue weighted by atomic mass is 16.5. The van der Waals surface area contributed by atoms with Crippen LogP contribution in [0.2, 0.25) is 0 Å². The Morgan fingerprint density at radius 1 is 0.780 bits per heavy atom. The summed E-state index contributed by atoms with van der Waals surface area (Å²) in [6, 6.07) is 1.54. The van der Waals surface area contributed by atoms with Gasteiger partial charge in [-0.05, 0) is 138 Å². The van der Waals surface area contributed by atoms with E-state index in [9.17, 15) is 5.11 Å². The van der Waals surface area contributed by atoms with E-state index in [1.54, 1.807) is 0 Å². The van der Waals surface area contributed by atoms with Crippen molar-refractivity contribution in [2.45, 2.75) is 188 Å². The van der Waals surface area contributed by atoms with Gasteiger partial charge in [0.2, 0.25) is 0 Å². The van der Waals surface area contributed by atoms with Crippen molar-refractivity contribution in [2.75, 3.05) is 6.61 Å². The first kappa shape index (κ1) is 33.5. The average Bonchev–Trinajstić information content (AvgIpc) is 3.32. The van der Waals surface area contributed by atoms with Gasteiger partial charge >= 0.3 is 0 Å². The Bertz CT molecular complexity index is 824. The molecule has 238 valence electrons. The van der Waals surface area contributed by atoms with E-state index in [1.807, 2.05) is 38.8 Å². The summed E-state index contributed by atoms with van der Waals surface area (Å²) in [6.45, 7) is 16.0. The molecule has 3 nitrogen and oxygen atoms in total. The monoisotopic (exact) mass is 572 g/mol. The highest BCUT2D eigenvalue weighted by Crippen LogP contribution is 2.64. The Hall–Kier alpha value is -0.380. The van der Waals surface area contributed by atoms with E-state index in [2.05, 4.69) is 26.1 Å². The lowest BCUT2D eigenvalue weighted by molar-refractivity contribution is -0.0674. The van der Waals surface area contributed by atoms with Crippen LogP contribution in [0.3, 0.4) is 0 Å². The molecule has 0 aromatic carbocycles. The van der Waals surface area contributed by atoms with Crippen LogP contribution in [-0.2, 0) is 4.74 Å². The van der Waals surface area contributed by atoms with Crippen LogP contribution in [0.15, 0.2) is 11.1 Å². The molecule has 7 unspecified atom stereocenters. The zero-order valence-electron chi connectivity index (χ0n) is 28.4. The van der Waals surface area contributed by atoms with Crippen LogP contribution < -0.4 is 5.32 Å².